The second-order valence-corrected chi connectivity index (χ2v) is 8.49. The van der Waals surface area contributed by atoms with Gasteiger partial charge in [0, 0.05) is 13.0 Å². The molecule has 1 atom stereocenters. The Kier molecular flexibility index (Phi) is 5.36. The van der Waals surface area contributed by atoms with Crippen molar-refractivity contribution in [2.45, 2.75) is 52.1 Å². The van der Waals surface area contributed by atoms with Crippen LogP contribution in [0.15, 0.2) is 30.3 Å². The first-order chi connectivity index (χ1) is 14.4. The maximum Gasteiger partial charge on any atom is 0.312 e. The van der Waals surface area contributed by atoms with Crippen LogP contribution in [0.25, 0.3) is 11.0 Å². The number of methoxy groups -OCH3 is 1. The normalized spacial score (nSPS) is 16.7. The zero-order chi connectivity index (χ0) is 21.5. The second kappa shape index (κ2) is 7.84. The Labute approximate surface area is 176 Å². The van der Waals surface area contributed by atoms with Gasteiger partial charge < -0.3 is 9.84 Å². The van der Waals surface area contributed by atoms with Crippen molar-refractivity contribution < 1.29 is 14.6 Å². The lowest BCUT2D eigenvalue weighted by Gasteiger charge is -2.37. The third kappa shape index (κ3) is 3.10. The number of rotatable bonds is 5. The smallest absolute Gasteiger partial charge is 0.312 e. The third-order valence-corrected chi connectivity index (χ3v) is 6.91. The van der Waals surface area contributed by atoms with Crippen LogP contribution in [0.1, 0.15) is 59.4 Å². The number of aromatic nitrogens is 3. The predicted octanol–water partition coefficient (Wildman–Crippen LogP) is 3.94. The summed E-state index contributed by atoms with van der Waals surface area (Å²) in [7, 11) is 3.36. The zero-order valence-electron chi connectivity index (χ0n) is 18.1. The number of aliphatic hydroxyl groups is 1. The predicted molar refractivity (Wildman–Crippen MR) is 115 cm³/mol. The Balaban J connectivity index is 1.99. The lowest BCUT2D eigenvalue weighted by Crippen LogP contribution is -2.37. The van der Waals surface area contributed by atoms with Gasteiger partial charge in [0.15, 0.2) is 0 Å². The van der Waals surface area contributed by atoms with Gasteiger partial charge >= 0.3 is 5.97 Å². The summed E-state index contributed by atoms with van der Waals surface area (Å²) in [6.07, 6.45) is 3.56. The van der Waals surface area contributed by atoms with E-state index in [2.05, 4.69) is 29.4 Å². The number of fused-ring (bicyclic) bond motifs is 1. The highest BCUT2D eigenvalue weighted by Crippen LogP contribution is 2.53. The maximum absolute atomic E-state index is 13.2. The summed E-state index contributed by atoms with van der Waals surface area (Å²) in [6.45, 7) is 4.02. The summed E-state index contributed by atoms with van der Waals surface area (Å²) in [4.78, 5) is 13.2. The van der Waals surface area contributed by atoms with Crippen LogP contribution in [-0.4, -0.2) is 33.2 Å². The molecular formula is C24H29N3O3. The molecule has 1 aromatic heterocycles. The van der Waals surface area contributed by atoms with Crippen molar-refractivity contribution in [2.24, 2.45) is 12.5 Å². The van der Waals surface area contributed by atoms with E-state index in [9.17, 15) is 9.90 Å². The minimum atomic E-state index is -0.628. The Morgan fingerprint density at radius 2 is 1.97 bits per heavy atom. The highest BCUT2D eigenvalue weighted by Gasteiger charge is 2.50. The summed E-state index contributed by atoms with van der Waals surface area (Å²) in [5.74, 6) is -0.334. The van der Waals surface area contributed by atoms with Crippen molar-refractivity contribution in [3.63, 3.8) is 0 Å². The molecule has 4 rings (SSSR count). The van der Waals surface area contributed by atoms with Gasteiger partial charge in [-0.3, -0.25) is 4.79 Å². The van der Waals surface area contributed by atoms with Gasteiger partial charge in [-0.05, 0) is 60.6 Å². The van der Waals surface area contributed by atoms with E-state index >= 15 is 0 Å². The molecule has 1 N–H and O–H groups in total. The number of hydrogen-bond donors (Lipinski definition) is 1. The zero-order valence-corrected chi connectivity index (χ0v) is 18.1. The molecular weight excluding hydrogens is 378 g/mol. The molecule has 0 radical (unpaired) electrons. The van der Waals surface area contributed by atoms with E-state index < -0.39 is 5.41 Å². The monoisotopic (exact) mass is 407 g/mol. The van der Waals surface area contributed by atoms with Gasteiger partial charge in [-0.1, -0.05) is 42.3 Å². The Bertz CT molecular complexity index is 1100. The van der Waals surface area contributed by atoms with E-state index in [1.807, 2.05) is 32.2 Å². The highest BCUT2D eigenvalue weighted by atomic mass is 16.5. The molecule has 2 aromatic carbocycles. The Morgan fingerprint density at radius 3 is 2.63 bits per heavy atom. The van der Waals surface area contributed by atoms with E-state index in [1.165, 1.54) is 7.11 Å². The van der Waals surface area contributed by atoms with Crippen LogP contribution < -0.4 is 0 Å². The van der Waals surface area contributed by atoms with E-state index in [-0.39, 0.29) is 18.5 Å². The van der Waals surface area contributed by atoms with Gasteiger partial charge in [0.2, 0.25) is 0 Å². The molecule has 3 aromatic rings. The SMILES string of the molecule is COC(=O)C1(C(c2ccc(C)c(CO)c2)c2ccc3c(nnn3C)c2C)CCCC1. The number of hydrogen-bond acceptors (Lipinski definition) is 5. The first-order valence-electron chi connectivity index (χ1n) is 10.5. The standard InChI is InChI=1S/C24H29N3O3/c1-15-7-8-17(13-18(15)14-28)21(24(23(29)30-4)11-5-6-12-24)19-9-10-20-22(16(19)2)25-26-27(20)3/h7-10,13,21,28H,5-6,11-12,14H2,1-4H3. The average Bonchev–Trinajstić information content (AvgIpc) is 3.39. The fraction of sp³-hybridized carbons (Fsp3) is 0.458. The molecule has 0 aliphatic heterocycles. The van der Waals surface area contributed by atoms with Crippen LogP contribution in [0.5, 0.6) is 0 Å². The number of carbonyl (C=O) groups excluding carboxylic acids is 1. The summed E-state index contributed by atoms with van der Waals surface area (Å²) in [5.41, 5.74) is 6.25. The number of carbonyl (C=O) groups is 1. The average molecular weight is 408 g/mol. The van der Waals surface area contributed by atoms with Gasteiger partial charge in [0.05, 0.1) is 24.6 Å². The minimum absolute atomic E-state index is 0.0280. The molecule has 6 nitrogen and oxygen atoms in total. The van der Waals surface area contributed by atoms with E-state index in [0.29, 0.717) is 0 Å². The molecule has 1 fully saturated rings. The summed E-state index contributed by atoms with van der Waals surface area (Å²) >= 11 is 0. The van der Waals surface area contributed by atoms with E-state index in [1.54, 1.807) is 4.68 Å². The van der Waals surface area contributed by atoms with Crippen LogP contribution in [0.2, 0.25) is 0 Å². The first kappa shape index (κ1) is 20.5. The largest absolute Gasteiger partial charge is 0.469 e. The molecule has 1 unspecified atom stereocenters. The van der Waals surface area contributed by atoms with Crippen molar-refractivity contribution in [1.29, 1.82) is 0 Å². The van der Waals surface area contributed by atoms with Crippen LogP contribution >= 0.6 is 0 Å². The molecule has 0 saturated heterocycles. The molecule has 1 aliphatic carbocycles. The second-order valence-electron chi connectivity index (χ2n) is 8.49. The summed E-state index contributed by atoms with van der Waals surface area (Å²) in [5, 5.41) is 18.4. The summed E-state index contributed by atoms with van der Waals surface area (Å²) < 4.78 is 7.12. The maximum atomic E-state index is 13.2. The highest BCUT2D eigenvalue weighted by molar-refractivity contribution is 5.83. The molecule has 1 saturated carbocycles. The van der Waals surface area contributed by atoms with Crippen LogP contribution in [-0.2, 0) is 23.2 Å². The molecule has 1 aliphatic rings. The van der Waals surface area contributed by atoms with Gasteiger partial charge in [0.1, 0.15) is 5.52 Å². The minimum Gasteiger partial charge on any atom is -0.469 e. The Hall–Kier alpha value is -2.73. The topological polar surface area (TPSA) is 77.2 Å². The van der Waals surface area contributed by atoms with Gasteiger partial charge in [0.25, 0.3) is 0 Å². The number of benzene rings is 2. The number of nitrogens with zero attached hydrogens (tertiary/aromatic N) is 3. The van der Waals surface area contributed by atoms with Crippen molar-refractivity contribution in [1.82, 2.24) is 15.0 Å². The van der Waals surface area contributed by atoms with E-state index in [4.69, 9.17) is 4.74 Å². The number of aryl methyl sites for hydroxylation is 3. The van der Waals surface area contributed by atoms with Crippen LogP contribution in [0.3, 0.4) is 0 Å². The first-order valence-corrected chi connectivity index (χ1v) is 10.5. The lowest BCUT2D eigenvalue weighted by molar-refractivity contribution is -0.153. The van der Waals surface area contributed by atoms with E-state index in [0.717, 1.165) is 64.5 Å². The van der Waals surface area contributed by atoms with Gasteiger partial charge in [-0.15, -0.1) is 5.10 Å². The fourth-order valence-corrected chi connectivity index (χ4v) is 5.22. The molecule has 0 spiro atoms. The number of aliphatic hydroxyl groups excluding tert-OH is 1. The quantitative estimate of drug-likeness (QED) is 0.648. The molecule has 30 heavy (non-hydrogen) atoms. The van der Waals surface area contributed by atoms with Crippen molar-refractivity contribution >= 4 is 17.0 Å². The third-order valence-electron chi connectivity index (χ3n) is 6.91. The number of ether oxygens (including phenoxy) is 1. The van der Waals surface area contributed by atoms with Crippen molar-refractivity contribution in [3.05, 3.63) is 58.1 Å². The van der Waals surface area contributed by atoms with Gasteiger partial charge in [-0.25, -0.2) is 4.68 Å². The number of esters is 1. The molecule has 0 bridgehead atoms. The molecule has 158 valence electrons. The van der Waals surface area contributed by atoms with Crippen LogP contribution in [0, 0.1) is 19.3 Å². The molecule has 6 heteroatoms. The van der Waals surface area contributed by atoms with Crippen LogP contribution in [0.4, 0.5) is 0 Å². The Morgan fingerprint density at radius 1 is 1.23 bits per heavy atom. The lowest BCUT2D eigenvalue weighted by atomic mass is 9.66. The van der Waals surface area contributed by atoms with Crippen molar-refractivity contribution in [2.75, 3.05) is 7.11 Å². The van der Waals surface area contributed by atoms with Gasteiger partial charge in [-0.2, -0.15) is 0 Å². The molecule has 0 amide bonds. The summed E-state index contributed by atoms with van der Waals surface area (Å²) in [6, 6.07) is 10.3. The molecule has 1 heterocycles. The van der Waals surface area contributed by atoms with Crippen molar-refractivity contribution in [3.8, 4) is 0 Å². The fourth-order valence-electron chi connectivity index (χ4n) is 5.22.